The zero-order chi connectivity index (χ0) is 18.0. The quantitative estimate of drug-likeness (QED) is 0.835. The standard InChI is InChI=1S/C19H23NO4S/c1-14-6-4-5-7-19(14)24-17-8-10-18(11-9-17)25(21,22)20-12-15(2)23-16(3)13-20/h4-11,15-16H,12-13H2,1-3H3. The molecule has 6 heteroatoms. The molecule has 0 aromatic heterocycles. The van der Waals surface area contributed by atoms with E-state index in [1.54, 1.807) is 24.3 Å². The van der Waals surface area contributed by atoms with E-state index in [4.69, 9.17) is 9.47 Å². The number of ether oxygens (including phenoxy) is 2. The smallest absolute Gasteiger partial charge is 0.243 e. The number of nitrogens with zero attached hydrogens (tertiary/aromatic N) is 1. The van der Waals surface area contributed by atoms with Crippen LogP contribution >= 0.6 is 0 Å². The summed E-state index contributed by atoms with van der Waals surface area (Å²) in [6, 6.07) is 14.3. The highest BCUT2D eigenvalue weighted by Gasteiger charge is 2.32. The van der Waals surface area contributed by atoms with Crippen LogP contribution in [0.4, 0.5) is 0 Å². The third-order valence-electron chi connectivity index (χ3n) is 4.17. The molecule has 1 saturated heterocycles. The van der Waals surface area contributed by atoms with E-state index in [0.717, 1.165) is 11.3 Å². The van der Waals surface area contributed by atoms with Crippen molar-refractivity contribution < 1.29 is 17.9 Å². The summed E-state index contributed by atoms with van der Waals surface area (Å²) in [5, 5.41) is 0. The number of morpholine rings is 1. The summed E-state index contributed by atoms with van der Waals surface area (Å²) in [7, 11) is -3.53. The van der Waals surface area contributed by atoms with Crippen molar-refractivity contribution in [2.45, 2.75) is 37.9 Å². The minimum atomic E-state index is -3.53. The number of benzene rings is 2. The van der Waals surface area contributed by atoms with Gasteiger partial charge in [-0.2, -0.15) is 4.31 Å². The molecule has 3 rings (SSSR count). The van der Waals surface area contributed by atoms with E-state index in [-0.39, 0.29) is 17.1 Å². The molecule has 2 unspecified atom stereocenters. The van der Waals surface area contributed by atoms with Gasteiger partial charge in [-0.1, -0.05) is 18.2 Å². The lowest BCUT2D eigenvalue weighted by Crippen LogP contribution is -2.48. The number of hydrogen-bond donors (Lipinski definition) is 0. The van der Waals surface area contributed by atoms with Gasteiger partial charge >= 0.3 is 0 Å². The Morgan fingerprint density at radius 3 is 2.20 bits per heavy atom. The van der Waals surface area contributed by atoms with Crippen molar-refractivity contribution in [2.24, 2.45) is 0 Å². The van der Waals surface area contributed by atoms with E-state index >= 15 is 0 Å². The zero-order valence-corrected chi connectivity index (χ0v) is 15.5. The molecule has 1 aliphatic rings. The number of sulfonamides is 1. The highest BCUT2D eigenvalue weighted by molar-refractivity contribution is 7.89. The van der Waals surface area contributed by atoms with E-state index in [1.807, 2.05) is 45.0 Å². The van der Waals surface area contributed by atoms with E-state index in [0.29, 0.717) is 18.8 Å². The summed E-state index contributed by atoms with van der Waals surface area (Å²) < 4.78 is 38.6. The minimum Gasteiger partial charge on any atom is -0.457 e. The Morgan fingerprint density at radius 2 is 1.60 bits per heavy atom. The predicted molar refractivity (Wildman–Crippen MR) is 96.5 cm³/mol. The van der Waals surface area contributed by atoms with Crippen LogP contribution in [0.3, 0.4) is 0 Å². The van der Waals surface area contributed by atoms with Gasteiger partial charge in [-0.25, -0.2) is 8.42 Å². The second kappa shape index (κ2) is 7.15. The van der Waals surface area contributed by atoms with Crippen LogP contribution in [0.5, 0.6) is 11.5 Å². The summed E-state index contributed by atoms with van der Waals surface area (Å²) in [5.74, 6) is 1.37. The predicted octanol–water partition coefficient (Wildman–Crippen LogP) is 3.59. The van der Waals surface area contributed by atoms with E-state index in [2.05, 4.69) is 0 Å². The number of para-hydroxylation sites is 1. The van der Waals surface area contributed by atoms with Gasteiger partial charge in [-0.3, -0.25) is 0 Å². The third kappa shape index (κ3) is 4.03. The van der Waals surface area contributed by atoms with Crippen LogP contribution in [0.15, 0.2) is 53.4 Å². The second-order valence-corrected chi connectivity index (χ2v) is 8.36. The van der Waals surface area contributed by atoms with Crippen molar-refractivity contribution in [3.05, 3.63) is 54.1 Å². The van der Waals surface area contributed by atoms with E-state index < -0.39 is 10.0 Å². The first-order valence-corrected chi connectivity index (χ1v) is 9.79. The maximum absolute atomic E-state index is 12.8. The van der Waals surface area contributed by atoms with Gasteiger partial charge in [0, 0.05) is 13.1 Å². The average Bonchev–Trinajstić information content (AvgIpc) is 2.56. The van der Waals surface area contributed by atoms with Crippen LogP contribution in [0, 0.1) is 6.92 Å². The van der Waals surface area contributed by atoms with Gasteiger partial charge < -0.3 is 9.47 Å². The van der Waals surface area contributed by atoms with Crippen LogP contribution in [0.2, 0.25) is 0 Å². The molecule has 0 spiro atoms. The fraction of sp³-hybridized carbons (Fsp3) is 0.368. The normalized spacial score (nSPS) is 21.9. The molecule has 0 saturated carbocycles. The maximum Gasteiger partial charge on any atom is 0.243 e. The molecule has 2 atom stereocenters. The average molecular weight is 361 g/mol. The first-order valence-electron chi connectivity index (χ1n) is 8.35. The van der Waals surface area contributed by atoms with Crippen LogP contribution in [0.1, 0.15) is 19.4 Å². The molecule has 1 heterocycles. The summed E-state index contributed by atoms with van der Waals surface area (Å²) in [6.45, 7) is 6.48. The van der Waals surface area contributed by atoms with Gasteiger partial charge in [0.2, 0.25) is 10.0 Å². The largest absolute Gasteiger partial charge is 0.457 e. The molecule has 2 aromatic carbocycles. The Bertz CT molecular complexity index is 823. The van der Waals surface area contributed by atoms with E-state index in [1.165, 1.54) is 4.31 Å². The van der Waals surface area contributed by atoms with Crippen LogP contribution in [0.25, 0.3) is 0 Å². The van der Waals surface area contributed by atoms with Crippen molar-refractivity contribution in [1.82, 2.24) is 4.31 Å². The second-order valence-electron chi connectivity index (χ2n) is 6.42. The van der Waals surface area contributed by atoms with Gasteiger partial charge in [0.05, 0.1) is 17.1 Å². The summed E-state index contributed by atoms with van der Waals surface area (Å²) in [6.07, 6.45) is -0.218. The molecule has 25 heavy (non-hydrogen) atoms. The maximum atomic E-state index is 12.8. The first-order chi connectivity index (χ1) is 11.9. The van der Waals surface area contributed by atoms with E-state index in [9.17, 15) is 8.42 Å². The van der Waals surface area contributed by atoms with Gasteiger partial charge in [0.15, 0.2) is 0 Å². The third-order valence-corrected chi connectivity index (χ3v) is 6.01. The minimum absolute atomic E-state index is 0.109. The van der Waals surface area contributed by atoms with Crippen molar-refractivity contribution in [1.29, 1.82) is 0 Å². The topological polar surface area (TPSA) is 55.8 Å². The Morgan fingerprint density at radius 1 is 1.00 bits per heavy atom. The summed E-state index contributed by atoms with van der Waals surface area (Å²) >= 11 is 0. The molecule has 0 amide bonds. The van der Waals surface area contributed by atoms with Crippen LogP contribution in [-0.2, 0) is 14.8 Å². The Kier molecular flexibility index (Phi) is 5.13. The fourth-order valence-electron chi connectivity index (χ4n) is 2.95. The highest BCUT2D eigenvalue weighted by atomic mass is 32.2. The highest BCUT2D eigenvalue weighted by Crippen LogP contribution is 2.27. The number of aryl methyl sites for hydroxylation is 1. The molecule has 0 N–H and O–H groups in total. The van der Waals surface area contributed by atoms with Gasteiger partial charge in [0.25, 0.3) is 0 Å². The molecule has 1 aliphatic heterocycles. The molecule has 0 radical (unpaired) electrons. The molecule has 5 nitrogen and oxygen atoms in total. The Balaban J connectivity index is 1.78. The lowest BCUT2D eigenvalue weighted by Gasteiger charge is -2.34. The number of hydrogen-bond acceptors (Lipinski definition) is 4. The van der Waals surface area contributed by atoms with Crippen molar-refractivity contribution in [2.75, 3.05) is 13.1 Å². The van der Waals surface area contributed by atoms with Gasteiger partial charge in [-0.15, -0.1) is 0 Å². The van der Waals surface area contributed by atoms with Crippen molar-refractivity contribution in [3.8, 4) is 11.5 Å². The lowest BCUT2D eigenvalue weighted by atomic mass is 10.2. The number of rotatable bonds is 4. The monoisotopic (exact) mass is 361 g/mol. The molecule has 0 aliphatic carbocycles. The Hall–Kier alpha value is -1.89. The fourth-order valence-corrected chi connectivity index (χ4v) is 4.54. The lowest BCUT2D eigenvalue weighted by molar-refractivity contribution is -0.0440. The first kappa shape index (κ1) is 17.9. The zero-order valence-electron chi connectivity index (χ0n) is 14.7. The van der Waals surface area contributed by atoms with Crippen molar-refractivity contribution >= 4 is 10.0 Å². The van der Waals surface area contributed by atoms with Gasteiger partial charge in [0.1, 0.15) is 11.5 Å². The molecule has 2 aromatic rings. The molecular weight excluding hydrogens is 338 g/mol. The molecule has 1 fully saturated rings. The molecule has 0 bridgehead atoms. The van der Waals surface area contributed by atoms with Gasteiger partial charge in [-0.05, 0) is 56.7 Å². The SMILES string of the molecule is Cc1ccccc1Oc1ccc(S(=O)(=O)N2CC(C)OC(C)C2)cc1. The van der Waals surface area contributed by atoms with Crippen LogP contribution in [-0.4, -0.2) is 38.0 Å². The van der Waals surface area contributed by atoms with Crippen LogP contribution < -0.4 is 4.74 Å². The summed E-state index contributed by atoms with van der Waals surface area (Å²) in [4.78, 5) is 0.269. The van der Waals surface area contributed by atoms with Crippen molar-refractivity contribution in [3.63, 3.8) is 0 Å². The molecule has 134 valence electrons. The molecular formula is C19H23NO4S. The Labute approximate surface area is 149 Å². The summed E-state index contributed by atoms with van der Waals surface area (Å²) in [5.41, 5.74) is 1.02.